The van der Waals surface area contributed by atoms with Gasteiger partial charge in [-0.15, -0.1) is 11.3 Å². The van der Waals surface area contributed by atoms with Gasteiger partial charge < -0.3 is 10.1 Å². The van der Waals surface area contributed by atoms with Gasteiger partial charge in [0, 0.05) is 18.0 Å². The van der Waals surface area contributed by atoms with E-state index in [1.807, 2.05) is 6.92 Å². The summed E-state index contributed by atoms with van der Waals surface area (Å²) in [6, 6.07) is 0. The summed E-state index contributed by atoms with van der Waals surface area (Å²) in [5.74, 6) is 0.254. The normalized spacial score (nSPS) is 19.1. The molecular formula is C20H27N3O3S2. The maximum absolute atomic E-state index is 13.4. The summed E-state index contributed by atoms with van der Waals surface area (Å²) in [7, 11) is 0. The van der Waals surface area contributed by atoms with Gasteiger partial charge in [-0.1, -0.05) is 18.7 Å². The molecule has 1 aliphatic carbocycles. The van der Waals surface area contributed by atoms with Crippen molar-refractivity contribution in [2.24, 2.45) is 0 Å². The number of carbonyl (C=O) groups is 1. The van der Waals surface area contributed by atoms with Crippen molar-refractivity contribution in [1.82, 2.24) is 14.9 Å². The van der Waals surface area contributed by atoms with Gasteiger partial charge in [0.25, 0.3) is 5.56 Å². The van der Waals surface area contributed by atoms with Crippen molar-refractivity contribution in [2.45, 2.75) is 69.7 Å². The van der Waals surface area contributed by atoms with E-state index in [1.165, 1.54) is 28.6 Å². The smallest absolute Gasteiger partial charge is 0.263 e. The van der Waals surface area contributed by atoms with Crippen LogP contribution in [0.3, 0.4) is 0 Å². The first-order chi connectivity index (χ1) is 13.7. The second-order valence-electron chi connectivity index (χ2n) is 7.47. The molecular weight excluding hydrogens is 394 g/mol. The highest BCUT2D eigenvalue weighted by atomic mass is 32.2. The third-order valence-corrected chi connectivity index (χ3v) is 7.52. The lowest BCUT2D eigenvalue weighted by molar-refractivity contribution is -0.118. The van der Waals surface area contributed by atoms with E-state index < -0.39 is 0 Å². The minimum absolute atomic E-state index is 0.0182. The summed E-state index contributed by atoms with van der Waals surface area (Å²) in [6.45, 7) is 3.98. The molecule has 1 atom stereocenters. The van der Waals surface area contributed by atoms with Gasteiger partial charge in [-0.3, -0.25) is 14.2 Å². The minimum Gasteiger partial charge on any atom is -0.376 e. The van der Waals surface area contributed by atoms with Crippen LogP contribution in [0.5, 0.6) is 0 Å². The number of hydrogen-bond acceptors (Lipinski definition) is 6. The average Bonchev–Trinajstić information content (AvgIpc) is 3.34. The minimum atomic E-state index is -0.0182. The molecule has 1 amide bonds. The molecule has 1 fully saturated rings. The van der Waals surface area contributed by atoms with E-state index >= 15 is 0 Å². The van der Waals surface area contributed by atoms with Crippen LogP contribution in [0.1, 0.15) is 49.5 Å². The summed E-state index contributed by atoms with van der Waals surface area (Å²) in [5.41, 5.74) is 1.25. The van der Waals surface area contributed by atoms with Crippen molar-refractivity contribution in [3.05, 3.63) is 20.8 Å². The largest absolute Gasteiger partial charge is 0.376 e. The van der Waals surface area contributed by atoms with E-state index in [0.29, 0.717) is 18.2 Å². The summed E-state index contributed by atoms with van der Waals surface area (Å²) >= 11 is 3.01. The fraction of sp³-hybridized carbons (Fsp3) is 0.650. The number of thiophene rings is 1. The first kappa shape index (κ1) is 19.9. The van der Waals surface area contributed by atoms with Crippen molar-refractivity contribution >= 4 is 39.2 Å². The summed E-state index contributed by atoms with van der Waals surface area (Å²) in [5, 5.41) is 4.33. The molecule has 4 rings (SSSR count). The van der Waals surface area contributed by atoms with Crippen LogP contribution in [0.15, 0.2) is 9.95 Å². The predicted octanol–water partition coefficient (Wildman–Crippen LogP) is 3.13. The van der Waals surface area contributed by atoms with Gasteiger partial charge in [0.15, 0.2) is 5.16 Å². The highest BCUT2D eigenvalue weighted by Gasteiger charge is 2.25. The number of aryl methyl sites for hydroxylation is 2. The standard InChI is InChI=1S/C20H27N3O3S2/c1-2-9-21-16(24)12-27-20-22-18-17(14-7-3-4-8-15(14)28-18)19(25)23(20)11-13-6-5-10-26-13/h13H,2-12H2,1H3,(H,21,24)/t13-/m0/s1. The van der Waals surface area contributed by atoms with Crippen LogP contribution in [-0.4, -0.2) is 40.5 Å². The third kappa shape index (κ3) is 4.14. The van der Waals surface area contributed by atoms with E-state index in [-0.39, 0.29) is 23.3 Å². The van der Waals surface area contributed by atoms with Crippen molar-refractivity contribution < 1.29 is 9.53 Å². The van der Waals surface area contributed by atoms with Crippen molar-refractivity contribution in [1.29, 1.82) is 0 Å². The Labute approximate surface area is 173 Å². The van der Waals surface area contributed by atoms with Gasteiger partial charge in [-0.05, 0) is 50.5 Å². The zero-order valence-electron chi connectivity index (χ0n) is 16.3. The first-order valence-electron chi connectivity index (χ1n) is 10.2. The lowest BCUT2D eigenvalue weighted by atomic mass is 9.97. The van der Waals surface area contributed by atoms with Crippen LogP contribution >= 0.6 is 23.1 Å². The zero-order chi connectivity index (χ0) is 19.5. The van der Waals surface area contributed by atoms with Gasteiger partial charge in [-0.2, -0.15) is 0 Å². The number of fused-ring (bicyclic) bond motifs is 3. The van der Waals surface area contributed by atoms with E-state index in [4.69, 9.17) is 9.72 Å². The van der Waals surface area contributed by atoms with Crippen molar-refractivity contribution in [2.75, 3.05) is 18.9 Å². The molecule has 2 aromatic heterocycles. The van der Waals surface area contributed by atoms with Gasteiger partial charge >= 0.3 is 0 Å². The SMILES string of the molecule is CCCNC(=O)CSc1nc2sc3c(c2c(=O)n1C[C@@H]1CCCO1)CCCC3. The first-order valence-corrected chi connectivity index (χ1v) is 12.0. The number of nitrogens with one attached hydrogen (secondary N) is 1. The van der Waals surface area contributed by atoms with Gasteiger partial charge in [-0.25, -0.2) is 4.98 Å². The second-order valence-corrected chi connectivity index (χ2v) is 9.50. The van der Waals surface area contributed by atoms with E-state index in [1.54, 1.807) is 15.9 Å². The average molecular weight is 422 g/mol. The second kappa shape index (κ2) is 8.97. The maximum Gasteiger partial charge on any atom is 0.263 e. The molecule has 0 bridgehead atoms. The molecule has 6 nitrogen and oxygen atoms in total. The van der Waals surface area contributed by atoms with Crippen LogP contribution in [0.2, 0.25) is 0 Å². The van der Waals surface area contributed by atoms with Crippen LogP contribution in [-0.2, 0) is 28.9 Å². The molecule has 28 heavy (non-hydrogen) atoms. The number of amides is 1. The highest BCUT2D eigenvalue weighted by molar-refractivity contribution is 7.99. The van der Waals surface area contributed by atoms with Crippen LogP contribution in [0.4, 0.5) is 0 Å². The molecule has 0 aromatic carbocycles. The Morgan fingerprint density at radius 1 is 1.36 bits per heavy atom. The predicted molar refractivity (Wildman–Crippen MR) is 114 cm³/mol. The number of thioether (sulfide) groups is 1. The van der Waals surface area contributed by atoms with E-state index in [9.17, 15) is 9.59 Å². The molecule has 1 saturated heterocycles. The quantitative estimate of drug-likeness (QED) is 0.549. The van der Waals surface area contributed by atoms with E-state index in [0.717, 1.165) is 55.3 Å². The molecule has 1 aliphatic heterocycles. The zero-order valence-corrected chi connectivity index (χ0v) is 17.9. The molecule has 3 heterocycles. The molecule has 1 N–H and O–H groups in total. The maximum atomic E-state index is 13.4. The molecule has 0 spiro atoms. The number of nitrogens with zero attached hydrogens (tertiary/aromatic N) is 2. The Kier molecular flexibility index (Phi) is 6.38. The number of hydrogen-bond donors (Lipinski definition) is 1. The van der Waals surface area contributed by atoms with Gasteiger partial charge in [0.05, 0.1) is 23.8 Å². The van der Waals surface area contributed by atoms with Crippen LogP contribution < -0.4 is 10.9 Å². The molecule has 0 radical (unpaired) electrons. The number of ether oxygens (including phenoxy) is 1. The Morgan fingerprint density at radius 2 is 2.21 bits per heavy atom. The lowest BCUT2D eigenvalue weighted by Gasteiger charge is -2.16. The molecule has 0 saturated carbocycles. The highest BCUT2D eigenvalue weighted by Crippen LogP contribution is 2.34. The van der Waals surface area contributed by atoms with E-state index in [2.05, 4.69) is 5.32 Å². The van der Waals surface area contributed by atoms with Gasteiger partial charge in [0.1, 0.15) is 4.83 Å². The Bertz CT molecular complexity index is 916. The number of carbonyl (C=O) groups excluding carboxylic acids is 1. The summed E-state index contributed by atoms with van der Waals surface area (Å²) < 4.78 is 7.54. The molecule has 0 unspecified atom stereocenters. The third-order valence-electron chi connectivity index (χ3n) is 5.35. The van der Waals surface area contributed by atoms with Crippen molar-refractivity contribution in [3.63, 3.8) is 0 Å². The summed E-state index contributed by atoms with van der Waals surface area (Å²) in [6.07, 6.45) is 7.30. The Morgan fingerprint density at radius 3 is 3.00 bits per heavy atom. The fourth-order valence-electron chi connectivity index (χ4n) is 3.93. The molecule has 8 heteroatoms. The Hall–Kier alpha value is -1.38. The fourth-order valence-corrected chi connectivity index (χ4v) is 6.07. The summed E-state index contributed by atoms with van der Waals surface area (Å²) in [4.78, 5) is 32.5. The van der Waals surface area contributed by atoms with Crippen molar-refractivity contribution in [3.8, 4) is 0 Å². The molecule has 2 aliphatic rings. The van der Waals surface area contributed by atoms with Crippen LogP contribution in [0.25, 0.3) is 10.2 Å². The molecule has 2 aromatic rings. The topological polar surface area (TPSA) is 73.2 Å². The van der Waals surface area contributed by atoms with Gasteiger partial charge in [0.2, 0.25) is 5.91 Å². The monoisotopic (exact) mass is 421 g/mol. The Balaban J connectivity index is 1.68. The number of aromatic nitrogens is 2. The lowest BCUT2D eigenvalue weighted by Crippen LogP contribution is -2.30. The number of rotatable bonds is 7. The van der Waals surface area contributed by atoms with Crippen LogP contribution in [0, 0.1) is 0 Å². The molecule has 152 valence electrons.